The van der Waals surface area contributed by atoms with E-state index in [0.29, 0.717) is 16.1 Å². The minimum atomic E-state index is -0.927. The molecule has 0 fully saturated rings. The highest BCUT2D eigenvalue weighted by Gasteiger charge is 2.18. The molecule has 0 amide bonds. The minimum Gasteiger partial charge on any atom is -0.478 e. The summed E-state index contributed by atoms with van der Waals surface area (Å²) in [5, 5.41) is 9.11. The van der Waals surface area contributed by atoms with Gasteiger partial charge in [0.15, 0.2) is 0 Å². The van der Waals surface area contributed by atoms with Gasteiger partial charge in [0.2, 0.25) is 0 Å². The zero-order chi connectivity index (χ0) is 11.7. The molecule has 0 saturated heterocycles. The van der Waals surface area contributed by atoms with Gasteiger partial charge in [-0.15, -0.1) is 0 Å². The standard InChI is InChI=1S/C11H8BrNO2S/c1-6-9(11(14)15)10(16-13-6)7-2-4-8(12)5-3-7/h2-5H,1H3,(H,14,15). The number of aromatic nitrogens is 1. The van der Waals surface area contributed by atoms with Gasteiger partial charge in [0.1, 0.15) is 5.56 Å². The highest BCUT2D eigenvalue weighted by atomic mass is 79.9. The number of aryl methyl sites for hydroxylation is 1. The lowest BCUT2D eigenvalue weighted by atomic mass is 10.1. The molecule has 2 rings (SSSR count). The van der Waals surface area contributed by atoms with E-state index in [4.69, 9.17) is 5.11 Å². The molecule has 0 unspecified atom stereocenters. The van der Waals surface area contributed by atoms with Gasteiger partial charge in [-0.2, -0.15) is 4.37 Å². The van der Waals surface area contributed by atoms with Crippen molar-refractivity contribution in [1.29, 1.82) is 0 Å². The molecule has 0 aliphatic heterocycles. The van der Waals surface area contributed by atoms with Crippen LogP contribution in [0.1, 0.15) is 16.1 Å². The topological polar surface area (TPSA) is 50.2 Å². The summed E-state index contributed by atoms with van der Waals surface area (Å²) in [7, 11) is 0. The SMILES string of the molecule is Cc1nsc(-c2ccc(Br)cc2)c1C(=O)O. The summed E-state index contributed by atoms with van der Waals surface area (Å²) in [5.41, 5.74) is 1.74. The molecule has 82 valence electrons. The number of benzene rings is 1. The Morgan fingerprint density at radius 1 is 1.38 bits per heavy atom. The fourth-order valence-electron chi connectivity index (χ4n) is 1.42. The molecule has 5 heteroatoms. The first-order valence-electron chi connectivity index (χ1n) is 4.55. The van der Waals surface area contributed by atoms with Gasteiger partial charge >= 0.3 is 5.97 Å². The molecular formula is C11H8BrNO2S. The second kappa shape index (κ2) is 4.35. The predicted molar refractivity (Wildman–Crippen MR) is 66.9 cm³/mol. The molecule has 0 aliphatic carbocycles. The monoisotopic (exact) mass is 297 g/mol. The van der Waals surface area contributed by atoms with Crippen LogP contribution in [0.25, 0.3) is 10.4 Å². The average Bonchev–Trinajstić information content (AvgIpc) is 2.61. The van der Waals surface area contributed by atoms with Crippen LogP contribution in [0.5, 0.6) is 0 Å². The quantitative estimate of drug-likeness (QED) is 0.922. The Kier molecular flexibility index (Phi) is 3.07. The van der Waals surface area contributed by atoms with Gasteiger partial charge in [-0.3, -0.25) is 0 Å². The maximum absolute atomic E-state index is 11.1. The first-order chi connectivity index (χ1) is 7.59. The summed E-state index contributed by atoms with van der Waals surface area (Å²) in [6.45, 7) is 1.71. The number of carboxylic acid groups (broad SMARTS) is 1. The second-order valence-corrected chi connectivity index (χ2v) is 4.97. The summed E-state index contributed by atoms with van der Waals surface area (Å²) < 4.78 is 5.05. The van der Waals surface area contributed by atoms with Crippen molar-refractivity contribution in [2.45, 2.75) is 6.92 Å². The molecule has 1 heterocycles. The summed E-state index contributed by atoms with van der Waals surface area (Å²) in [5.74, 6) is -0.927. The van der Waals surface area contributed by atoms with Crippen LogP contribution in [0.3, 0.4) is 0 Å². The van der Waals surface area contributed by atoms with Crippen molar-refractivity contribution in [3.05, 3.63) is 40.0 Å². The van der Waals surface area contributed by atoms with Crippen LogP contribution >= 0.6 is 27.5 Å². The number of carboxylic acids is 1. The number of hydrogen-bond acceptors (Lipinski definition) is 3. The lowest BCUT2D eigenvalue weighted by Crippen LogP contribution is -1.98. The summed E-state index contributed by atoms with van der Waals surface area (Å²) in [6, 6.07) is 7.53. The highest BCUT2D eigenvalue weighted by Crippen LogP contribution is 2.30. The number of halogens is 1. The van der Waals surface area contributed by atoms with Crippen LogP contribution in [0.15, 0.2) is 28.7 Å². The number of rotatable bonds is 2. The zero-order valence-corrected chi connectivity index (χ0v) is 10.8. The zero-order valence-electron chi connectivity index (χ0n) is 8.40. The van der Waals surface area contributed by atoms with Gasteiger partial charge in [-0.1, -0.05) is 28.1 Å². The molecule has 0 saturated carbocycles. The van der Waals surface area contributed by atoms with Crippen molar-refractivity contribution in [3.8, 4) is 10.4 Å². The van der Waals surface area contributed by atoms with Crippen LogP contribution in [0, 0.1) is 6.92 Å². The maximum atomic E-state index is 11.1. The first kappa shape index (κ1) is 11.3. The van der Waals surface area contributed by atoms with Crippen molar-refractivity contribution in [1.82, 2.24) is 4.37 Å². The van der Waals surface area contributed by atoms with E-state index in [1.165, 1.54) is 11.5 Å². The van der Waals surface area contributed by atoms with E-state index in [1.807, 2.05) is 24.3 Å². The van der Waals surface area contributed by atoms with Crippen molar-refractivity contribution in [3.63, 3.8) is 0 Å². The number of carbonyl (C=O) groups is 1. The average molecular weight is 298 g/mol. The Labute approximate surface area is 105 Å². The second-order valence-electron chi connectivity index (χ2n) is 3.28. The molecule has 3 nitrogen and oxygen atoms in total. The largest absolute Gasteiger partial charge is 0.478 e. The summed E-state index contributed by atoms with van der Waals surface area (Å²) in [4.78, 5) is 11.8. The smallest absolute Gasteiger partial charge is 0.339 e. The number of hydrogen-bond donors (Lipinski definition) is 1. The Balaban J connectivity index is 2.56. The molecule has 1 aromatic carbocycles. The predicted octanol–water partition coefficient (Wildman–Crippen LogP) is 3.58. The van der Waals surface area contributed by atoms with Crippen LogP contribution in [0.2, 0.25) is 0 Å². The summed E-state index contributed by atoms with van der Waals surface area (Å²) >= 11 is 4.56. The fourth-order valence-corrected chi connectivity index (χ4v) is 2.57. The Morgan fingerprint density at radius 2 is 2.00 bits per heavy atom. The van der Waals surface area contributed by atoms with Crippen molar-refractivity contribution < 1.29 is 9.90 Å². The van der Waals surface area contributed by atoms with E-state index in [2.05, 4.69) is 20.3 Å². The van der Waals surface area contributed by atoms with Crippen LogP contribution < -0.4 is 0 Å². The number of nitrogens with zero attached hydrogens (tertiary/aromatic N) is 1. The van der Waals surface area contributed by atoms with Crippen LogP contribution in [-0.4, -0.2) is 15.4 Å². The minimum absolute atomic E-state index is 0.298. The molecule has 0 radical (unpaired) electrons. The molecule has 0 spiro atoms. The Bertz CT molecular complexity index is 533. The molecule has 2 aromatic rings. The molecule has 16 heavy (non-hydrogen) atoms. The molecule has 1 aromatic heterocycles. The molecule has 0 bridgehead atoms. The van der Waals surface area contributed by atoms with Gasteiger partial charge in [0.05, 0.1) is 10.6 Å². The Hall–Kier alpha value is -1.20. The lowest BCUT2D eigenvalue weighted by molar-refractivity contribution is 0.0697. The molecule has 0 atom stereocenters. The van der Waals surface area contributed by atoms with E-state index in [9.17, 15) is 4.79 Å². The van der Waals surface area contributed by atoms with Gasteiger partial charge in [0.25, 0.3) is 0 Å². The normalized spacial score (nSPS) is 10.4. The van der Waals surface area contributed by atoms with Crippen molar-refractivity contribution in [2.75, 3.05) is 0 Å². The molecular weight excluding hydrogens is 290 g/mol. The van der Waals surface area contributed by atoms with E-state index in [1.54, 1.807) is 6.92 Å². The Morgan fingerprint density at radius 3 is 2.56 bits per heavy atom. The van der Waals surface area contributed by atoms with E-state index in [0.717, 1.165) is 10.0 Å². The van der Waals surface area contributed by atoms with E-state index in [-0.39, 0.29) is 0 Å². The van der Waals surface area contributed by atoms with Crippen LogP contribution in [0.4, 0.5) is 0 Å². The lowest BCUT2D eigenvalue weighted by Gasteiger charge is -2.00. The molecule has 1 N–H and O–H groups in total. The van der Waals surface area contributed by atoms with Crippen molar-refractivity contribution in [2.24, 2.45) is 0 Å². The third-order valence-corrected chi connectivity index (χ3v) is 3.70. The van der Waals surface area contributed by atoms with Gasteiger partial charge < -0.3 is 5.11 Å². The third kappa shape index (κ3) is 2.01. The van der Waals surface area contributed by atoms with Gasteiger partial charge in [0, 0.05) is 4.47 Å². The van der Waals surface area contributed by atoms with Crippen LogP contribution in [-0.2, 0) is 0 Å². The van der Waals surface area contributed by atoms with E-state index >= 15 is 0 Å². The first-order valence-corrected chi connectivity index (χ1v) is 6.11. The highest BCUT2D eigenvalue weighted by molar-refractivity contribution is 9.10. The van der Waals surface area contributed by atoms with Crippen molar-refractivity contribution >= 4 is 33.4 Å². The van der Waals surface area contributed by atoms with E-state index < -0.39 is 5.97 Å². The van der Waals surface area contributed by atoms with Gasteiger partial charge in [-0.25, -0.2) is 4.79 Å². The van der Waals surface area contributed by atoms with Gasteiger partial charge in [-0.05, 0) is 36.2 Å². The molecule has 0 aliphatic rings. The fraction of sp³-hybridized carbons (Fsp3) is 0.0909. The third-order valence-electron chi connectivity index (χ3n) is 2.18. The maximum Gasteiger partial charge on any atom is 0.339 e. The number of aromatic carboxylic acids is 1. The summed E-state index contributed by atoms with van der Waals surface area (Å²) in [6.07, 6.45) is 0.